The summed E-state index contributed by atoms with van der Waals surface area (Å²) in [6.07, 6.45) is 0.688. The molecular weight excluding hydrogens is 414 g/mol. The number of hydrogen-bond donors (Lipinski definition) is 1. The van der Waals surface area contributed by atoms with Crippen molar-refractivity contribution in [3.63, 3.8) is 0 Å². The van der Waals surface area contributed by atoms with Crippen LogP contribution in [0, 0.1) is 10.1 Å². The summed E-state index contributed by atoms with van der Waals surface area (Å²) >= 11 is 1.12. The van der Waals surface area contributed by atoms with Gasteiger partial charge in [-0.1, -0.05) is 6.07 Å². The molecule has 12 heteroatoms. The van der Waals surface area contributed by atoms with E-state index in [1.54, 1.807) is 11.4 Å². The maximum absolute atomic E-state index is 12.7. The summed E-state index contributed by atoms with van der Waals surface area (Å²) in [6, 6.07) is 7.53. The zero-order valence-electron chi connectivity index (χ0n) is 14.0. The maximum atomic E-state index is 12.7. The van der Waals surface area contributed by atoms with E-state index in [2.05, 4.69) is 4.72 Å². The third kappa shape index (κ3) is 4.35. The third-order valence-electron chi connectivity index (χ3n) is 4.22. The van der Waals surface area contributed by atoms with Crippen molar-refractivity contribution in [2.75, 3.05) is 13.1 Å². The molecule has 0 spiro atoms. The van der Waals surface area contributed by atoms with Gasteiger partial charge in [0.25, 0.3) is 5.69 Å². The van der Waals surface area contributed by atoms with Crippen molar-refractivity contribution in [1.29, 1.82) is 0 Å². The van der Waals surface area contributed by atoms with E-state index in [9.17, 15) is 26.9 Å². The smallest absolute Gasteiger partial charge is 0.258 e. The molecule has 9 nitrogen and oxygen atoms in total. The zero-order valence-corrected chi connectivity index (χ0v) is 16.5. The van der Waals surface area contributed by atoms with Crippen molar-refractivity contribution in [2.45, 2.75) is 28.0 Å². The number of rotatable bonds is 6. The SMILES string of the molecule is O=[N+]([O-])c1ccc(S(=O)(=O)N2CCC(NS(=O)(=O)c3cccs3)CC2)cc1. The summed E-state index contributed by atoms with van der Waals surface area (Å²) in [4.78, 5) is 10.1. The normalized spacial score (nSPS) is 17.0. The number of nitrogens with one attached hydrogen (secondary N) is 1. The average Bonchev–Trinajstić information content (AvgIpc) is 3.18. The molecule has 146 valence electrons. The van der Waals surface area contributed by atoms with Crippen molar-refractivity contribution < 1.29 is 21.8 Å². The van der Waals surface area contributed by atoms with E-state index in [0.29, 0.717) is 12.8 Å². The molecule has 1 fully saturated rings. The summed E-state index contributed by atoms with van der Waals surface area (Å²) in [6.45, 7) is 0.327. The first-order chi connectivity index (χ1) is 12.7. The van der Waals surface area contributed by atoms with E-state index in [1.165, 1.54) is 22.5 Å². The van der Waals surface area contributed by atoms with Crippen molar-refractivity contribution in [3.8, 4) is 0 Å². The lowest BCUT2D eigenvalue weighted by atomic mass is 10.1. The van der Waals surface area contributed by atoms with Crippen LogP contribution in [0.3, 0.4) is 0 Å². The monoisotopic (exact) mass is 431 g/mol. The fourth-order valence-corrected chi connectivity index (χ4v) is 6.58. The number of nitro groups is 1. The average molecular weight is 432 g/mol. The number of non-ortho nitro benzene ring substituents is 1. The van der Waals surface area contributed by atoms with Crippen molar-refractivity contribution in [3.05, 3.63) is 51.9 Å². The van der Waals surface area contributed by atoms with Gasteiger partial charge < -0.3 is 0 Å². The van der Waals surface area contributed by atoms with E-state index in [0.717, 1.165) is 23.5 Å². The molecule has 1 saturated heterocycles. The lowest BCUT2D eigenvalue weighted by molar-refractivity contribution is -0.384. The van der Waals surface area contributed by atoms with Crippen molar-refractivity contribution >= 4 is 37.1 Å². The highest BCUT2D eigenvalue weighted by molar-refractivity contribution is 7.91. The number of hydrogen-bond acceptors (Lipinski definition) is 7. The fourth-order valence-electron chi connectivity index (χ4n) is 2.80. The molecule has 27 heavy (non-hydrogen) atoms. The number of benzene rings is 1. The summed E-state index contributed by atoms with van der Waals surface area (Å²) in [5.41, 5.74) is -0.185. The van der Waals surface area contributed by atoms with Crippen LogP contribution in [0.1, 0.15) is 12.8 Å². The van der Waals surface area contributed by atoms with Crippen molar-refractivity contribution in [1.82, 2.24) is 9.03 Å². The van der Waals surface area contributed by atoms with Gasteiger partial charge >= 0.3 is 0 Å². The van der Waals surface area contributed by atoms with Crippen molar-refractivity contribution in [2.24, 2.45) is 0 Å². The summed E-state index contributed by atoms with van der Waals surface area (Å²) in [5.74, 6) is 0. The molecule has 0 atom stereocenters. The number of sulfonamides is 2. The molecule has 1 aliphatic rings. The number of nitro benzene ring substituents is 1. The van der Waals surface area contributed by atoms with E-state index < -0.39 is 25.0 Å². The molecule has 1 aromatic heterocycles. The molecule has 1 N–H and O–H groups in total. The second-order valence-corrected chi connectivity index (χ2v) is 10.8. The van der Waals surface area contributed by atoms with Crippen LogP contribution in [0.5, 0.6) is 0 Å². The molecule has 0 amide bonds. The Morgan fingerprint density at radius 3 is 2.22 bits per heavy atom. The van der Waals surface area contributed by atoms with Gasteiger partial charge in [-0.2, -0.15) is 4.31 Å². The minimum atomic E-state index is -3.78. The lowest BCUT2D eigenvalue weighted by Crippen LogP contribution is -2.46. The lowest BCUT2D eigenvalue weighted by Gasteiger charge is -2.31. The molecule has 3 rings (SSSR count). The molecule has 1 aromatic carbocycles. The van der Waals surface area contributed by atoms with Crippen LogP contribution in [0.15, 0.2) is 50.9 Å². The van der Waals surface area contributed by atoms with Crippen LogP contribution < -0.4 is 4.72 Å². The molecule has 0 bridgehead atoms. The van der Waals surface area contributed by atoms with Gasteiger partial charge in [-0.15, -0.1) is 11.3 Å². The van der Waals surface area contributed by atoms with E-state index >= 15 is 0 Å². The Morgan fingerprint density at radius 1 is 1.07 bits per heavy atom. The molecule has 2 heterocycles. The molecule has 2 aromatic rings. The largest absolute Gasteiger partial charge is 0.269 e. The van der Waals surface area contributed by atoms with Gasteiger partial charge in [0.2, 0.25) is 20.0 Å². The number of nitrogens with zero attached hydrogens (tertiary/aromatic N) is 2. The van der Waals surface area contributed by atoms with E-state index in [4.69, 9.17) is 0 Å². The van der Waals surface area contributed by atoms with Gasteiger partial charge in [-0.05, 0) is 36.4 Å². The van der Waals surface area contributed by atoms with Gasteiger partial charge in [-0.25, -0.2) is 21.6 Å². The Balaban J connectivity index is 1.65. The second-order valence-electron chi connectivity index (χ2n) is 5.98. The van der Waals surface area contributed by atoms with Crippen LogP contribution in [-0.4, -0.2) is 45.2 Å². The Bertz CT molecular complexity index is 1010. The quantitative estimate of drug-likeness (QED) is 0.549. The van der Waals surface area contributed by atoms with Crippen LogP contribution in [0.4, 0.5) is 5.69 Å². The predicted molar refractivity (Wildman–Crippen MR) is 99.5 cm³/mol. The second kappa shape index (κ2) is 7.64. The summed E-state index contributed by atoms with van der Waals surface area (Å²) in [5, 5.41) is 12.4. The molecule has 0 unspecified atom stereocenters. The van der Waals surface area contributed by atoms with Crippen LogP contribution in [0.25, 0.3) is 0 Å². The minimum Gasteiger partial charge on any atom is -0.258 e. The molecule has 1 aliphatic heterocycles. The van der Waals surface area contributed by atoms with Crippen LogP contribution in [0.2, 0.25) is 0 Å². The van der Waals surface area contributed by atoms with Gasteiger partial charge in [0.15, 0.2) is 0 Å². The molecule has 0 saturated carbocycles. The van der Waals surface area contributed by atoms with Gasteiger partial charge in [0.1, 0.15) is 4.21 Å². The first-order valence-electron chi connectivity index (χ1n) is 8.00. The van der Waals surface area contributed by atoms with Gasteiger partial charge in [-0.3, -0.25) is 10.1 Å². The highest BCUT2D eigenvalue weighted by Crippen LogP contribution is 2.24. The number of thiophene rings is 1. The first kappa shape index (κ1) is 19.9. The number of piperidine rings is 1. The Labute approximate surface area is 160 Å². The maximum Gasteiger partial charge on any atom is 0.269 e. The molecule has 0 radical (unpaired) electrons. The molecule has 0 aliphatic carbocycles. The Morgan fingerprint density at radius 2 is 1.70 bits per heavy atom. The van der Waals surface area contributed by atoms with Gasteiger partial charge in [0, 0.05) is 31.3 Å². The summed E-state index contributed by atoms with van der Waals surface area (Å²) in [7, 11) is -7.38. The van der Waals surface area contributed by atoms with Gasteiger partial charge in [0.05, 0.1) is 9.82 Å². The molecular formula is C15H17N3O6S3. The Kier molecular flexibility index (Phi) is 5.63. The van der Waals surface area contributed by atoms with Crippen LogP contribution >= 0.6 is 11.3 Å². The van der Waals surface area contributed by atoms with E-state index in [-0.39, 0.29) is 33.9 Å². The zero-order chi connectivity index (χ0) is 19.7. The predicted octanol–water partition coefficient (Wildman–Crippen LogP) is 1.79. The highest BCUT2D eigenvalue weighted by Gasteiger charge is 2.31. The topological polar surface area (TPSA) is 127 Å². The van der Waals surface area contributed by atoms with E-state index in [1.807, 2.05) is 0 Å². The Hall–Kier alpha value is -1.86. The minimum absolute atomic E-state index is 0.0225. The standard InChI is InChI=1S/C15H17N3O6S3/c19-18(20)13-3-5-14(6-4-13)27(23,24)17-9-7-12(8-10-17)16-26(21,22)15-2-1-11-25-15/h1-6,11-12,16H,7-10H2. The first-order valence-corrected chi connectivity index (χ1v) is 11.8. The summed E-state index contributed by atoms with van der Waals surface area (Å²) < 4.78 is 54.0. The fraction of sp³-hybridized carbons (Fsp3) is 0.333. The highest BCUT2D eigenvalue weighted by atomic mass is 32.2. The third-order valence-corrected chi connectivity index (χ3v) is 9.05. The van der Waals surface area contributed by atoms with Crippen LogP contribution in [-0.2, 0) is 20.0 Å².